The van der Waals surface area contributed by atoms with Crippen molar-refractivity contribution in [1.82, 2.24) is 5.32 Å². The molecule has 1 aliphatic heterocycles. The summed E-state index contributed by atoms with van der Waals surface area (Å²) < 4.78 is 16.3. The van der Waals surface area contributed by atoms with E-state index in [0.717, 1.165) is 6.54 Å². The first-order valence-corrected chi connectivity index (χ1v) is 6.41. The van der Waals surface area contributed by atoms with Crippen LogP contribution >= 0.6 is 0 Å². The number of nitrogens with zero attached hydrogens (tertiary/aromatic N) is 1. The maximum atomic E-state index is 10.8. The normalized spacial score (nSPS) is 22.3. The van der Waals surface area contributed by atoms with E-state index in [0.29, 0.717) is 24.7 Å². The van der Waals surface area contributed by atoms with Gasteiger partial charge in [-0.25, -0.2) is 0 Å². The van der Waals surface area contributed by atoms with Crippen LogP contribution in [0.25, 0.3) is 0 Å². The summed E-state index contributed by atoms with van der Waals surface area (Å²) >= 11 is 0. The van der Waals surface area contributed by atoms with E-state index in [1.807, 2.05) is 6.92 Å². The van der Waals surface area contributed by atoms with Gasteiger partial charge in [0.25, 0.3) is 5.69 Å². The highest BCUT2D eigenvalue weighted by Crippen LogP contribution is 2.27. The molecule has 0 radical (unpaired) electrons. The quantitative estimate of drug-likeness (QED) is 0.648. The topological polar surface area (TPSA) is 82.9 Å². The first-order chi connectivity index (χ1) is 9.58. The van der Waals surface area contributed by atoms with Crippen LogP contribution in [-0.2, 0) is 4.74 Å². The van der Waals surface area contributed by atoms with E-state index in [4.69, 9.17) is 14.2 Å². The van der Waals surface area contributed by atoms with Crippen LogP contribution < -0.4 is 14.8 Å². The van der Waals surface area contributed by atoms with Crippen LogP contribution in [0.1, 0.15) is 6.92 Å². The highest BCUT2D eigenvalue weighted by Gasteiger charge is 2.20. The Morgan fingerprint density at radius 2 is 2.15 bits per heavy atom. The number of nitrogens with one attached hydrogen (secondary N) is 1. The van der Waals surface area contributed by atoms with Crippen molar-refractivity contribution >= 4 is 5.69 Å². The maximum absolute atomic E-state index is 10.8. The van der Waals surface area contributed by atoms with Crippen LogP contribution in [0.2, 0.25) is 0 Å². The van der Waals surface area contributed by atoms with Crippen molar-refractivity contribution in [3.63, 3.8) is 0 Å². The Morgan fingerprint density at radius 3 is 2.80 bits per heavy atom. The number of benzene rings is 1. The molecule has 7 nitrogen and oxygen atoms in total. The zero-order chi connectivity index (χ0) is 14.5. The Bertz CT molecular complexity index is 480. The molecule has 1 aliphatic rings. The standard InChI is InChI=1S/C13H18N2O5/c1-9-6-14-7-13(20-9)8-19-12-4-10(15(16)17)3-11(5-12)18-2/h3-5,9,13-14H,6-8H2,1-2H3. The molecular formula is C13H18N2O5. The lowest BCUT2D eigenvalue weighted by Gasteiger charge is -2.28. The van der Waals surface area contributed by atoms with Gasteiger partial charge in [-0.15, -0.1) is 0 Å². The number of morpholine rings is 1. The first-order valence-electron chi connectivity index (χ1n) is 6.41. The summed E-state index contributed by atoms with van der Waals surface area (Å²) in [6.45, 7) is 3.84. The predicted octanol–water partition coefficient (Wildman–Crippen LogP) is 1.36. The summed E-state index contributed by atoms with van der Waals surface area (Å²) in [6.07, 6.45) is 0.0704. The average molecular weight is 282 g/mol. The molecule has 2 unspecified atom stereocenters. The number of ether oxygens (including phenoxy) is 3. The highest BCUT2D eigenvalue weighted by atomic mass is 16.6. The number of non-ortho nitro benzene ring substituents is 1. The van der Waals surface area contributed by atoms with Crippen molar-refractivity contribution in [3.05, 3.63) is 28.3 Å². The van der Waals surface area contributed by atoms with Gasteiger partial charge in [0.15, 0.2) is 0 Å². The molecule has 0 saturated carbocycles. The minimum absolute atomic E-state index is 0.0598. The maximum Gasteiger partial charge on any atom is 0.276 e. The van der Waals surface area contributed by atoms with Crippen molar-refractivity contribution in [2.75, 3.05) is 26.8 Å². The molecule has 1 aromatic carbocycles. The minimum Gasteiger partial charge on any atom is -0.496 e. The number of hydrogen-bond acceptors (Lipinski definition) is 6. The van der Waals surface area contributed by atoms with Crippen molar-refractivity contribution in [2.45, 2.75) is 19.1 Å². The smallest absolute Gasteiger partial charge is 0.276 e. The first kappa shape index (κ1) is 14.5. The molecule has 1 heterocycles. The van der Waals surface area contributed by atoms with Gasteiger partial charge in [0.1, 0.15) is 24.2 Å². The van der Waals surface area contributed by atoms with Crippen molar-refractivity contribution in [3.8, 4) is 11.5 Å². The average Bonchev–Trinajstić information content (AvgIpc) is 2.45. The Hall–Kier alpha value is -1.86. The van der Waals surface area contributed by atoms with Crippen LogP contribution in [0.3, 0.4) is 0 Å². The Labute approximate surface area is 117 Å². The number of methoxy groups -OCH3 is 1. The summed E-state index contributed by atoms with van der Waals surface area (Å²) in [7, 11) is 1.46. The summed E-state index contributed by atoms with van der Waals surface area (Å²) in [5, 5.41) is 14.1. The molecule has 0 amide bonds. The molecule has 1 aromatic rings. The number of hydrogen-bond donors (Lipinski definition) is 1. The Balaban J connectivity index is 2.01. The lowest BCUT2D eigenvalue weighted by molar-refractivity contribution is -0.385. The van der Waals surface area contributed by atoms with Gasteiger partial charge in [0, 0.05) is 19.2 Å². The van der Waals surface area contributed by atoms with Gasteiger partial charge in [0.2, 0.25) is 0 Å². The second kappa shape index (κ2) is 6.53. The Morgan fingerprint density at radius 1 is 1.40 bits per heavy atom. The fourth-order valence-corrected chi connectivity index (χ4v) is 2.02. The Kier molecular flexibility index (Phi) is 4.75. The molecule has 20 heavy (non-hydrogen) atoms. The monoisotopic (exact) mass is 282 g/mol. The zero-order valence-corrected chi connectivity index (χ0v) is 11.5. The fraction of sp³-hybridized carbons (Fsp3) is 0.538. The molecule has 110 valence electrons. The molecule has 2 rings (SSSR count). The van der Waals surface area contributed by atoms with Crippen LogP contribution in [0, 0.1) is 10.1 Å². The SMILES string of the molecule is COc1cc(OCC2CNCC(C)O2)cc([N+](=O)[O-])c1. The molecule has 7 heteroatoms. The lowest BCUT2D eigenvalue weighted by Crippen LogP contribution is -2.45. The number of nitro benzene ring substituents is 1. The molecule has 1 saturated heterocycles. The largest absolute Gasteiger partial charge is 0.496 e. The zero-order valence-electron chi connectivity index (χ0n) is 11.5. The van der Waals surface area contributed by atoms with Crippen LogP contribution in [0.4, 0.5) is 5.69 Å². The molecule has 0 aromatic heterocycles. The van der Waals surface area contributed by atoms with Crippen LogP contribution in [0.15, 0.2) is 18.2 Å². The fourth-order valence-electron chi connectivity index (χ4n) is 2.02. The molecular weight excluding hydrogens is 264 g/mol. The molecule has 1 N–H and O–H groups in total. The van der Waals surface area contributed by atoms with Gasteiger partial charge >= 0.3 is 0 Å². The molecule has 0 spiro atoms. The second-order valence-corrected chi connectivity index (χ2v) is 4.66. The predicted molar refractivity (Wildman–Crippen MR) is 72.3 cm³/mol. The summed E-state index contributed by atoms with van der Waals surface area (Å²) in [5.74, 6) is 0.795. The van der Waals surface area contributed by atoms with E-state index < -0.39 is 4.92 Å². The van der Waals surface area contributed by atoms with Crippen molar-refractivity contribution in [1.29, 1.82) is 0 Å². The van der Waals surface area contributed by atoms with E-state index in [2.05, 4.69) is 5.32 Å². The summed E-state index contributed by atoms with van der Waals surface area (Å²) in [5.41, 5.74) is -0.0598. The van der Waals surface area contributed by atoms with E-state index in [1.165, 1.54) is 19.2 Å². The van der Waals surface area contributed by atoms with Gasteiger partial charge < -0.3 is 19.5 Å². The van der Waals surface area contributed by atoms with Gasteiger partial charge in [-0.2, -0.15) is 0 Å². The van der Waals surface area contributed by atoms with Crippen LogP contribution in [-0.4, -0.2) is 43.9 Å². The van der Waals surface area contributed by atoms with E-state index in [1.54, 1.807) is 6.07 Å². The van der Waals surface area contributed by atoms with E-state index in [-0.39, 0.29) is 17.9 Å². The van der Waals surface area contributed by atoms with E-state index >= 15 is 0 Å². The van der Waals surface area contributed by atoms with Crippen LogP contribution in [0.5, 0.6) is 11.5 Å². The molecule has 2 atom stereocenters. The third kappa shape index (κ3) is 3.82. The molecule has 0 aliphatic carbocycles. The second-order valence-electron chi connectivity index (χ2n) is 4.66. The third-order valence-corrected chi connectivity index (χ3v) is 2.98. The number of nitro groups is 1. The highest BCUT2D eigenvalue weighted by molar-refractivity contribution is 5.46. The van der Waals surface area contributed by atoms with Gasteiger partial charge in [-0.3, -0.25) is 10.1 Å². The summed E-state index contributed by atoms with van der Waals surface area (Å²) in [6, 6.07) is 4.35. The minimum atomic E-state index is -0.476. The van der Waals surface area contributed by atoms with Gasteiger partial charge in [-0.05, 0) is 6.92 Å². The van der Waals surface area contributed by atoms with Gasteiger partial charge in [0.05, 0.1) is 30.3 Å². The lowest BCUT2D eigenvalue weighted by atomic mass is 10.2. The molecule has 1 fully saturated rings. The van der Waals surface area contributed by atoms with Crippen molar-refractivity contribution < 1.29 is 19.1 Å². The van der Waals surface area contributed by atoms with Gasteiger partial charge in [-0.1, -0.05) is 0 Å². The number of rotatable bonds is 5. The summed E-state index contributed by atoms with van der Waals surface area (Å²) in [4.78, 5) is 10.4. The third-order valence-electron chi connectivity index (χ3n) is 2.98. The van der Waals surface area contributed by atoms with Crippen molar-refractivity contribution in [2.24, 2.45) is 0 Å². The molecule has 0 bridgehead atoms. The van der Waals surface area contributed by atoms with E-state index in [9.17, 15) is 10.1 Å².